The number of methoxy groups -OCH3 is 2. The molecular formula is C25H35N3O7. The maximum Gasteiger partial charge on any atom is 0.410 e. The second-order valence-electron chi connectivity index (χ2n) is 9.62. The van der Waals surface area contributed by atoms with Crippen molar-refractivity contribution in [1.82, 2.24) is 4.90 Å². The zero-order valence-corrected chi connectivity index (χ0v) is 21.3. The zero-order valence-electron chi connectivity index (χ0n) is 21.3. The van der Waals surface area contributed by atoms with E-state index in [2.05, 4.69) is 5.32 Å². The van der Waals surface area contributed by atoms with E-state index in [1.165, 1.54) is 14.2 Å². The molecular weight excluding hydrogens is 454 g/mol. The number of amides is 1. The molecule has 1 aromatic rings. The summed E-state index contributed by atoms with van der Waals surface area (Å²) in [5.41, 5.74) is 2.15. The van der Waals surface area contributed by atoms with Gasteiger partial charge in [0, 0.05) is 19.1 Å². The molecule has 10 heteroatoms. The van der Waals surface area contributed by atoms with Crippen LogP contribution in [0.15, 0.2) is 29.5 Å². The number of piperidine rings is 1. The third kappa shape index (κ3) is 6.45. The average molecular weight is 490 g/mol. The van der Waals surface area contributed by atoms with Gasteiger partial charge in [0.15, 0.2) is 0 Å². The van der Waals surface area contributed by atoms with Crippen LogP contribution in [-0.4, -0.2) is 75.2 Å². The smallest absolute Gasteiger partial charge is 0.410 e. The molecule has 1 aromatic carbocycles. The van der Waals surface area contributed by atoms with Gasteiger partial charge in [-0.05, 0) is 58.2 Å². The largest absolute Gasteiger partial charge is 0.466 e. The van der Waals surface area contributed by atoms with E-state index in [0.29, 0.717) is 18.8 Å². The predicted molar refractivity (Wildman–Crippen MR) is 130 cm³/mol. The Morgan fingerprint density at radius 1 is 1.06 bits per heavy atom. The molecule has 2 aliphatic heterocycles. The SMILES string of the molecule is COC(=O)C1=C(C(=O)OC)N(c2ccc(C)cc2NC2CCN(C(=O)OC(C)(C)C)CC2)COC1. The molecule has 2 heterocycles. The summed E-state index contributed by atoms with van der Waals surface area (Å²) in [6.07, 6.45) is 1.16. The summed E-state index contributed by atoms with van der Waals surface area (Å²) in [6, 6.07) is 5.88. The Labute approximate surface area is 206 Å². The van der Waals surface area contributed by atoms with Crippen molar-refractivity contribution in [3.8, 4) is 0 Å². The Balaban J connectivity index is 1.83. The summed E-state index contributed by atoms with van der Waals surface area (Å²) in [4.78, 5) is 40.8. The van der Waals surface area contributed by atoms with Crippen molar-refractivity contribution in [3.63, 3.8) is 0 Å². The molecule has 0 spiro atoms. The molecule has 2 aliphatic rings. The van der Waals surface area contributed by atoms with Crippen LogP contribution < -0.4 is 10.2 Å². The number of esters is 2. The maximum absolute atomic E-state index is 12.7. The highest BCUT2D eigenvalue weighted by molar-refractivity contribution is 6.04. The zero-order chi connectivity index (χ0) is 25.8. The maximum atomic E-state index is 12.7. The lowest BCUT2D eigenvalue weighted by molar-refractivity contribution is -0.140. The number of nitrogens with one attached hydrogen (secondary N) is 1. The van der Waals surface area contributed by atoms with Gasteiger partial charge in [0.05, 0.1) is 37.8 Å². The predicted octanol–water partition coefficient (Wildman–Crippen LogP) is 3.20. The standard InChI is InChI=1S/C25H35N3O7/c1-16-7-8-20(28-15-34-14-18(22(29)32-5)21(28)23(30)33-6)19(13-16)26-17-9-11-27(12-10-17)24(31)35-25(2,3)4/h7-8,13,17,26H,9-12,14-15H2,1-6H3. The van der Waals surface area contributed by atoms with Gasteiger partial charge in [-0.15, -0.1) is 0 Å². The van der Waals surface area contributed by atoms with Crippen molar-refractivity contribution >= 4 is 29.4 Å². The van der Waals surface area contributed by atoms with Gasteiger partial charge in [-0.3, -0.25) is 0 Å². The van der Waals surface area contributed by atoms with Crippen LogP contribution in [-0.2, 0) is 28.5 Å². The first kappa shape index (κ1) is 26.3. The Bertz CT molecular complexity index is 991. The number of anilines is 2. The molecule has 0 aliphatic carbocycles. The third-order valence-corrected chi connectivity index (χ3v) is 5.78. The van der Waals surface area contributed by atoms with Gasteiger partial charge in [-0.2, -0.15) is 0 Å². The summed E-state index contributed by atoms with van der Waals surface area (Å²) in [6.45, 7) is 8.69. The van der Waals surface area contributed by atoms with E-state index in [1.54, 1.807) is 9.80 Å². The summed E-state index contributed by atoms with van der Waals surface area (Å²) in [5.74, 6) is -1.29. The average Bonchev–Trinajstić information content (AvgIpc) is 2.82. The Kier molecular flexibility index (Phi) is 8.26. The van der Waals surface area contributed by atoms with Crippen molar-refractivity contribution < 1.29 is 33.3 Å². The topological polar surface area (TPSA) is 107 Å². The van der Waals surface area contributed by atoms with Crippen molar-refractivity contribution in [2.24, 2.45) is 0 Å². The van der Waals surface area contributed by atoms with Crippen LogP contribution in [0.4, 0.5) is 16.2 Å². The van der Waals surface area contributed by atoms with Crippen LogP contribution in [0.3, 0.4) is 0 Å². The highest BCUT2D eigenvalue weighted by Crippen LogP contribution is 2.34. The molecule has 35 heavy (non-hydrogen) atoms. The molecule has 3 rings (SSSR count). The van der Waals surface area contributed by atoms with Crippen molar-refractivity contribution in [1.29, 1.82) is 0 Å². The first-order chi connectivity index (χ1) is 16.5. The van der Waals surface area contributed by atoms with E-state index in [1.807, 2.05) is 45.9 Å². The number of hydrogen-bond acceptors (Lipinski definition) is 9. The monoisotopic (exact) mass is 489 g/mol. The number of benzene rings is 1. The molecule has 0 saturated carbocycles. The second kappa shape index (κ2) is 11.0. The van der Waals surface area contributed by atoms with Crippen molar-refractivity contribution in [3.05, 3.63) is 35.0 Å². The molecule has 1 amide bonds. The van der Waals surface area contributed by atoms with Crippen LogP contribution in [0.2, 0.25) is 0 Å². The van der Waals surface area contributed by atoms with Crippen LogP contribution in [0.1, 0.15) is 39.2 Å². The molecule has 0 aromatic heterocycles. The van der Waals surface area contributed by atoms with E-state index < -0.39 is 17.5 Å². The van der Waals surface area contributed by atoms with Gasteiger partial charge in [0.25, 0.3) is 0 Å². The molecule has 0 atom stereocenters. The number of nitrogens with zero attached hydrogens (tertiary/aromatic N) is 2. The number of hydrogen-bond donors (Lipinski definition) is 1. The van der Waals surface area contributed by atoms with E-state index >= 15 is 0 Å². The first-order valence-corrected chi connectivity index (χ1v) is 11.6. The van der Waals surface area contributed by atoms with Crippen LogP contribution >= 0.6 is 0 Å². The minimum absolute atomic E-state index is 0.0502. The van der Waals surface area contributed by atoms with Gasteiger partial charge in [-0.25, -0.2) is 14.4 Å². The number of likely N-dealkylation sites (tertiary alicyclic amines) is 1. The summed E-state index contributed by atoms with van der Waals surface area (Å²) in [5, 5.41) is 3.56. The highest BCUT2D eigenvalue weighted by Gasteiger charge is 2.34. The van der Waals surface area contributed by atoms with Gasteiger partial charge < -0.3 is 34.1 Å². The number of rotatable bonds is 5. The lowest BCUT2D eigenvalue weighted by Crippen LogP contribution is -2.44. The summed E-state index contributed by atoms with van der Waals surface area (Å²) >= 11 is 0. The Morgan fingerprint density at radius 2 is 1.71 bits per heavy atom. The van der Waals surface area contributed by atoms with E-state index in [-0.39, 0.29) is 36.7 Å². The molecule has 0 radical (unpaired) electrons. The lowest BCUT2D eigenvalue weighted by Gasteiger charge is -2.36. The number of aryl methyl sites for hydroxylation is 1. The molecule has 0 bridgehead atoms. The molecule has 1 saturated heterocycles. The van der Waals surface area contributed by atoms with Crippen LogP contribution in [0.25, 0.3) is 0 Å². The van der Waals surface area contributed by atoms with E-state index in [0.717, 1.165) is 24.1 Å². The van der Waals surface area contributed by atoms with Crippen molar-refractivity contribution in [2.45, 2.75) is 52.2 Å². The quantitative estimate of drug-likeness (QED) is 0.493. The number of carbonyl (C=O) groups is 3. The third-order valence-electron chi connectivity index (χ3n) is 5.78. The number of ether oxygens (including phenoxy) is 4. The minimum atomic E-state index is -0.647. The Hall–Kier alpha value is -3.27. The summed E-state index contributed by atoms with van der Waals surface area (Å²) < 4.78 is 21.0. The second-order valence-corrected chi connectivity index (χ2v) is 9.62. The number of carbonyl (C=O) groups excluding carboxylic acids is 3. The van der Waals surface area contributed by atoms with Gasteiger partial charge in [0.1, 0.15) is 18.0 Å². The first-order valence-electron chi connectivity index (χ1n) is 11.6. The normalized spacial score (nSPS) is 17.2. The molecule has 1 N–H and O–H groups in total. The fourth-order valence-electron chi connectivity index (χ4n) is 4.09. The van der Waals surface area contributed by atoms with Crippen LogP contribution in [0.5, 0.6) is 0 Å². The highest BCUT2D eigenvalue weighted by atomic mass is 16.6. The minimum Gasteiger partial charge on any atom is -0.466 e. The fraction of sp³-hybridized carbons (Fsp3) is 0.560. The summed E-state index contributed by atoms with van der Waals surface area (Å²) in [7, 11) is 2.52. The lowest BCUT2D eigenvalue weighted by atomic mass is 10.0. The molecule has 0 unspecified atom stereocenters. The van der Waals surface area contributed by atoms with Crippen molar-refractivity contribution in [2.75, 3.05) is 50.9 Å². The van der Waals surface area contributed by atoms with Gasteiger partial charge >= 0.3 is 18.0 Å². The molecule has 1 fully saturated rings. The molecule has 192 valence electrons. The fourth-order valence-corrected chi connectivity index (χ4v) is 4.09. The molecule has 10 nitrogen and oxygen atoms in total. The van der Waals surface area contributed by atoms with E-state index in [9.17, 15) is 14.4 Å². The Morgan fingerprint density at radius 3 is 2.31 bits per heavy atom. The van der Waals surface area contributed by atoms with Gasteiger partial charge in [-0.1, -0.05) is 6.07 Å². The van der Waals surface area contributed by atoms with Gasteiger partial charge in [0.2, 0.25) is 0 Å². The van der Waals surface area contributed by atoms with E-state index in [4.69, 9.17) is 18.9 Å². The van der Waals surface area contributed by atoms with Crippen LogP contribution in [0, 0.1) is 6.92 Å².